The first-order valence-corrected chi connectivity index (χ1v) is 7.99. The largest absolute Gasteiger partial charge is 0.361 e. The van der Waals surface area contributed by atoms with Crippen LogP contribution in [-0.2, 0) is 11.2 Å². The summed E-state index contributed by atoms with van der Waals surface area (Å²) in [6.45, 7) is 8.36. The Labute approximate surface area is 132 Å². The maximum absolute atomic E-state index is 12.0. The summed E-state index contributed by atoms with van der Waals surface area (Å²) in [5, 5.41) is 6.91. The van der Waals surface area contributed by atoms with Crippen molar-refractivity contribution in [1.82, 2.24) is 15.5 Å². The quantitative estimate of drug-likeness (QED) is 0.828. The lowest BCUT2D eigenvalue weighted by Crippen LogP contribution is -2.29. The molecule has 0 aliphatic rings. The minimum Gasteiger partial charge on any atom is -0.361 e. The molecule has 0 fully saturated rings. The average Bonchev–Trinajstić information content (AvgIpc) is 2.89. The highest BCUT2D eigenvalue weighted by Crippen LogP contribution is 2.22. The topological polar surface area (TPSA) is 70.9 Å². The van der Waals surface area contributed by atoms with Crippen molar-refractivity contribution in [3.63, 3.8) is 0 Å². The van der Waals surface area contributed by atoms with Crippen LogP contribution in [0.2, 0.25) is 0 Å². The lowest BCUT2D eigenvalue weighted by molar-refractivity contribution is -0.120. The molecule has 2 heterocycles. The minimum absolute atomic E-state index is 0.00182. The van der Waals surface area contributed by atoms with Crippen LogP contribution in [-0.4, -0.2) is 22.6 Å². The van der Waals surface area contributed by atoms with Crippen molar-refractivity contribution in [1.29, 1.82) is 0 Å². The summed E-state index contributed by atoms with van der Waals surface area (Å²) in [5.74, 6) is 0.987. The minimum atomic E-state index is 0.00182. The molecule has 0 bridgehead atoms. The second-order valence-corrected chi connectivity index (χ2v) is 6.95. The maximum Gasteiger partial charge on any atom is 0.225 e. The van der Waals surface area contributed by atoms with Gasteiger partial charge in [-0.05, 0) is 33.0 Å². The Balaban J connectivity index is 1.92. The van der Waals surface area contributed by atoms with Crippen LogP contribution in [0, 0.1) is 24.7 Å². The van der Waals surface area contributed by atoms with Crippen LogP contribution >= 0.6 is 23.6 Å². The Morgan fingerprint density at radius 1 is 1.48 bits per heavy atom. The van der Waals surface area contributed by atoms with Gasteiger partial charge in [0.05, 0.1) is 12.1 Å². The van der Waals surface area contributed by atoms with E-state index in [4.69, 9.17) is 16.7 Å². The zero-order valence-electron chi connectivity index (χ0n) is 12.6. The van der Waals surface area contributed by atoms with Gasteiger partial charge in [0.1, 0.15) is 5.76 Å². The van der Waals surface area contributed by atoms with Gasteiger partial charge in [-0.25, -0.2) is 0 Å². The molecular formula is C14H19N3O2S2. The van der Waals surface area contributed by atoms with Gasteiger partial charge in [-0.3, -0.25) is 4.79 Å². The summed E-state index contributed by atoms with van der Waals surface area (Å²) in [6.07, 6.45) is 0.359. The van der Waals surface area contributed by atoms with Gasteiger partial charge in [-0.15, -0.1) is 11.3 Å². The molecule has 114 valence electrons. The Morgan fingerprint density at radius 2 is 2.19 bits per heavy atom. The molecule has 5 nitrogen and oxygen atoms in total. The van der Waals surface area contributed by atoms with E-state index in [1.54, 1.807) is 0 Å². The van der Waals surface area contributed by atoms with Crippen molar-refractivity contribution in [3.8, 4) is 0 Å². The molecule has 0 aliphatic heterocycles. The molecule has 0 saturated carbocycles. The smallest absolute Gasteiger partial charge is 0.225 e. The first-order chi connectivity index (χ1) is 9.88. The van der Waals surface area contributed by atoms with Gasteiger partial charge in [0.25, 0.3) is 0 Å². The second kappa shape index (κ2) is 6.53. The van der Waals surface area contributed by atoms with Crippen LogP contribution in [0.5, 0.6) is 0 Å². The number of nitrogens with zero attached hydrogens (tertiary/aromatic N) is 1. The van der Waals surface area contributed by atoms with E-state index in [1.165, 1.54) is 11.3 Å². The Morgan fingerprint density at radius 3 is 2.71 bits per heavy atom. The molecule has 2 N–H and O–H groups in total. The van der Waals surface area contributed by atoms with Gasteiger partial charge in [0, 0.05) is 28.6 Å². The van der Waals surface area contributed by atoms with Gasteiger partial charge < -0.3 is 14.8 Å². The number of rotatable bonds is 5. The van der Waals surface area contributed by atoms with Crippen molar-refractivity contribution in [2.75, 3.05) is 6.54 Å². The van der Waals surface area contributed by atoms with E-state index >= 15 is 0 Å². The summed E-state index contributed by atoms with van der Waals surface area (Å²) in [7, 11) is 0. The standard InChI is InChI=1S/C14H19N3O2S2/c1-7(13-9(3)17-19-10(13)4)6-15-12(18)5-11-8(2)16-14(20)21-11/h7H,5-6H2,1-4H3,(H,15,18)(H,16,20)/t7-/m1/s1. The molecule has 0 radical (unpaired) electrons. The van der Waals surface area contributed by atoms with Crippen LogP contribution < -0.4 is 5.32 Å². The van der Waals surface area contributed by atoms with Crippen molar-refractivity contribution < 1.29 is 9.32 Å². The highest BCUT2D eigenvalue weighted by Gasteiger charge is 2.17. The van der Waals surface area contributed by atoms with Crippen LogP contribution in [0.3, 0.4) is 0 Å². The fraction of sp³-hybridized carbons (Fsp3) is 0.500. The number of carbonyl (C=O) groups is 1. The maximum atomic E-state index is 12.0. The second-order valence-electron chi connectivity index (χ2n) is 5.18. The van der Waals surface area contributed by atoms with Gasteiger partial charge in [0.15, 0.2) is 3.95 Å². The predicted molar refractivity (Wildman–Crippen MR) is 85.3 cm³/mol. The number of thiazole rings is 1. The third kappa shape index (κ3) is 3.79. The summed E-state index contributed by atoms with van der Waals surface area (Å²) < 4.78 is 5.87. The molecule has 0 aromatic carbocycles. The molecule has 7 heteroatoms. The number of amides is 1. The van der Waals surface area contributed by atoms with Gasteiger partial charge >= 0.3 is 0 Å². The zero-order valence-corrected chi connectivity index (χ0v) is 14.2. The fourth-order valence-corrected chi connectivity index (χ4v) is 3.67. The lowest BCUT2D eigenvalue weighted by atomic mass is 9.99. The van der Waals surface area contributed by atoms with E-state index in [-0.39, 0.29) is 11.8 Å². The molecular weight excluding hydrogens is 306 g/mol. The molecule has 2 rings (SSSR count). The van der Waals surface area contributed by atoms with E-state index in [0.717, 1.165) is 27.6 Å². The number of H-pyrrole nitrogens is 1. The van der Waals surface area contributed by atoms with Gasteiger partial charge in [-0.2, -0.15) is 0 Å². The van der Waals surface area contributed by atoms with Crippen molar-refractivity contribution in [2.24, 2.45) is 0 Å². The first-order valence-electron chi connectivity index (χ1n) is 6.76. The van der Waals surface area contributed by atoms with Crippen molar-refractivity contribution in [2.45, 2.75) is 40.0 Å². The molecule has 21 heavy (non-hydrogen) atoms. The number of aromatic nitrogens is 2. The lowest BCUT2D eigenvalue weighted by Gasteiger charge is -2.12. The zero-order chi connectivity index (χ0) is 15.6. The Hall–Kier alpha value is -1.47. The van der Waals surface area contributed by atoms with E-state index < -0.39 is 0 Å². The number of hydrogen-bond donors (Lipinski definition) is 2. The predicted octanol–water partition coefficient (Wildman–Crippen LogP) is 3.18. The SMILES string of the molecule is Cc1noc(C)c1[C@H](C)CNC(=O)Cc1sc(=S)[nH]c1C. The van der Waals surface area contributed by atoms with Gasteiger partial charge in [-0.1, -0.05) is 12.1 Å². The number of aromatic amines is 1. The molecule has 2 aromatic rings. The molecule has 0 spiro atoms. The number of carbonyl (C=O) groups excluding carboxylic acids is 1. The Kier molecular flexibility index (Phi) is 4.95. The van der Waals surface area contributed by atoms with Crippen LogP contribution in [0.4, 0.5) is 0 Å². The molecule has 0 saturated heterocycles. The van der Waals surface area contributed by atoms with E-state index in [9.17, 15) is 4.79 Å². The third-order valence-electron chi connectivity index (χ3n) is 3.43. The van der Waals surface area contributed by atoms with Crippen LogP contribution in [0.25, 0.3) is 0 Å². The highest BCUT2D eigenvalue weighted by atomic mass is 32.1. The molecule has 2 aromatic heterocycles. The Bertz CT molecular complexity index is 680. The van der Waals surface area contributed by atoms with E-state index in [2.05, 4.69) is 22.4 Å². The van der Waals surface area contributed by atoms with E-state index in [1.807, 2.05) is 20.8 Å². The normalized spacial score (nSPS) is 12.4. The van der Waals surface area contributed by atoms with Gasteiger partial charge in [0.2, 0.25) is 5.91 Å². The molecule has 1 amide bonds. The first kappa shape index (κ1) is 15.9. The number of nitrogens with one attached hydrogen (secondary N) is 2. The fourth-order valence-electron chi connectivity index (χ4n) is 2.38. The summed E-state index contributed by atoms with van der Waals surface area (Å²) in [4.78, 5) is 16.1. The summed E-state index contributed by atoms with van der Waals surface area (Å²) in [6, 6.07) is 0. The van der Waals surface area contributed by atoms with E-state index in [0.29, 0.717) is 16.9 Å². The summed E-state index contributed by atoms with van der Waals surface area (Å²) in [5.41, 5.74) is 2.93. The number of hydrogen-bond acceptors (Lipinski definition) is 5. The molecule has 1 atom stereocenters. The monoisotopic (exact) mass is 325 g/mol. The van der Waals surface area contributed by atoms with Crippen LogP contribution in [0.1, 0.15) is 40.4 Å². The third-order valence-corrected chi connectivity index (χ3v) is 4.77. The summed E-state index contributed by atoms with van der Waals surface area (Å²) >= 11 is 6.53. The van der Waals surface area contributed by atoms with Crippen molar-refractivity contribution >= 4 is 29.5 Å². The molecule has 0 aliphatic carbocycles. The average molecular weight is 325 g/mol. The van der Waals surface area contributed by atoms with Crippen molar-refractivity contribution in [3.05, 3.63) is 31.5 Å². The number of aryl methyl sites for hydroxylation is 3. The van der Waals surface area contributed by atoms with Crippen LogP contribution in [0.15, 0.2) is 4.52 Å². The molecule has 0 unspecified atom stereocenters. The highest BCUT2D eigenvalue weighted by molar-refractivity contribution is 7.73.